The summed E-state index contributed by atoms with van der Waals surface area (Å²) in [5.74, 6) is 0.750. The zero-order valence-corrected chi connectivity index (χ0v) is 8.55. The van der Waals surface area contributed by atoms with E-state index in [2.05, 4.69) is 22.5 Å². The first kappa shape index (κ1) is 9.49. The zero-order valence-electron chi connectivity index (χ0n) is 8.55. The lowest BCUT2D eigenvalue weighted by Gasteiger charge is -2.01. The van der Waals surface area contributed by atoms with Crippen LogP contribution in [0.4, 0.5) is 0 Å². The number of rotatable bonds is 4. The lowest BCUT2D eigenvalue weighted by molar-refractivity contribution is -0.120. The molecule has 1 amide bonds. The first-order valence-electron chi connectivity index (χ1n) is 5.45. The van der Waals surface area contributed by atoms with E-state index in [0.29, 0.717) is 12.0 Å². The van der Waals surface area contributed by atoms with Gasteiger partial charge in [-0.15, -0.1) is 0 Å². The lowest BCUT2D eigenvalue weighted by atomic mass is 10.1. The van der Waals surface area contributed by atoms with Crippen molar-refractivity contribution in [1.82, 2.24) is 10.6 Å². The average Bonchev–Trinajstić information content (AvgIpc) is 2.88. The monoisotopic (exact) mass is 195 g/mol. The summed E-state index contributed by atoms with van der Waals surface area (Å²) in [7, 11) is 0. The maximum atomic E-state index is 11.4. The van der Waals surface area contributed by atoms with Gasteiger partial charge in [0.05, 0.1) is 0 Å². The number of hydrogen-bond acceptors (Lipinski definition) is 3. The number of nitrogens with zero attached hydrogens (tertiary/aromatic N) is 1. The Labute approximate surface area is 84.2 Å². The summed E-state index contributed by atoms with van der Waals surface area (Å²) < 4.78 is 0. The van der Waals surface area contributed by atoms with Crippen molar-refractivity contribution in [3.05, 3.63) is 0 Å². The average molecular weight is 195 g/mol. The van der Waals surface area contributed by atoms with Crippen LogP contribution in [-0.2, 0) is 4.79 Å². The molecule has 0 aromatic carbocycles. The third-order valence-corrected chi connectivity index (χ3v) is 2.58. The summed E-state index contributed by atoms with van der Waals surface area (Å²) in [6.45, 7) is 2.12. The Morgan fingerprint density at radius 1 is 1.57 bits per heavy atom. The standard InChI is InChI=1S/C10H17N3O/c1-2-3-4-8-9(14)13-10(12-8)11-7-5-6-7/h7-8H,2-6H2,1H3,(H2,11,12,13,14). The molecule has 1 heterocycles. The molecule has 1 unspecified atom stereocenters. The highest BCUT2D eigenvalue weighted by Gasteiger charge is 2.29. The molecule has 78 valence electrons. The number of unbranched alkanes of at least 4 members (excludes halogenated alkanes) is 1. The van der Waals surface area contributed by atoms with E-state index >= 15 is 0 Å². The van der Waals surface area contributed by atoms with Crippen LogP contribution >= 0.6 is 0 Å². The fourth-order valence-electron chi connectivity index (χ4n) is 1.53. The van der Waals surface area contributed by atoms with E-state index in [0.717, 1.165) is 19.3 Å². The molecular weight excluding hydrogens is 178 g/mol. The van der Waals surface area contributed by atoms with Crippen LogP contribution in [0.15, 0.2) is 4.99 Å². The quantitative estimate of drug-likeness (QED) is 0.696. The number of amides is 1. The molecular formula is C10H17N3O. The molecule has 1 atom stereocenters. The van der Waals surface area contributed by atoms with E-state index in [4.69, 9.17) is 0 Å². The Kier molecular flexibility index (Phi) is 2.70. The van der Waals surface area contributed by atoms with Crippen LogP contribution < -0.4 is 10.6 Å². The van der Waals surface area contributed by atoms with Crippen LogP contribution in [0.1, 0.15) is 39.0 Å². The highest BCUT2D eigenvalue weighted by Crippen LogP contribution is 2.19. The van der Waals surface area contributed by atoms with Crippen LogP contribution in [0.2, 0.25) is 0 Å². The van der Waals surface area contributed by atoms with E-state index < -0.39 is 0 Å². The molecule has 1 aliphatic carbocycles. The normalized spacial score (nSPS) is 25.9. The van der Waals surface area contributed by atoms with Crippen molar-refractivity contribution < 1.29 is 4.79 Å². The third kappa shape index (κ3) is 2.25. The van der Waals surface area contributed by atoms with Crippen molar-refractivity contribution in [2.24, 2.45) is 4.99 Å². The predicted octanol–water partition coefficient (Wildman–Crippen LogP) is 0.783. The van der Waals surface area contributed by atoms with Crippen LogP contribution in [0.25, 0.3) is 0 Å². The number of guanidine groups is 1. The number of hydrogen-bond donors (Lipinski definition) is 2. The molecule has 1 aliphatic heterocycles. The molecule has 0 bridgehead atoms. The second-order valence-corrected chi connectivity index (χ2v) is 4.04. The van der Waals surface area contributed by atoms with Gasteiger partial charge in [0, 0.05) is 6.04 Å². The van der Waals surface area contributed by atoms with Gasteiger partial charge in [0.25, 0.3) is 5.91 Å². The lowest BCUT2D eigenvalue weighted by Crippen LogP contribution is -2.38. The van der Waals surface area contributed by atoms with Crippen molar-refractivity contribution in [2.75, 3.05) is 0 Å². The molecule has 0 aromatic rings. The van der Waals surface area contributed by atoms with Crippen LogP contribution in [0, 0.1) is 0 Å². The molecule has 14 heavy (non-hydrogen) atoms. The number of aliphatic imine (C=N–C) groups is 1. The zero-order chi connectivity index (χ0) is 9.97. The SMILES string of the molecule is CCCCC1N=C(NC2CC2)NC1=O. The topological polar surface area (TPSA) is 53.5 Å². The summed E-state index contributed by atoms with van der Waals surface area (Å²) in [6.07, 6.45) is 5.46. The first-order valence-corrected chi connectivity index (χ1v) is 5.45. The minimum Gasteiger partial charge on any atom is -0.353 e. The van der Waals surface area contributed by atoms with Crippen molar-refractivity contribution in [3.8, 4) is 0 Å². The molecule has 2 aliphatic rings. The Bertz CT molecular complexity index is 258. The van der Waals surface area contributed by atoms with Gasteiger partial charge in [0.2, 0.25) is 0 Å². The predicted molar refractivity (Wildman–Crippen MR) is 55.0 cm³/mol. The van der Waals surface area contributed by atoms with E-state index in [1.165, 1.54) is 12.8 Å². The van der Waals surface area contributed by atoms with Gasteiger partial charge in [-0.2, -0.15) is 0 Å². The molecule has 4 heteroatoms. The van der Waals surface area contributed by atoms with Gasteiger partial charge in [0.1, 0.15) is 6.04 Å². The van der Waals surface area contributed by atoms with E-state index in [9.17, 15) is 4.79 Å². The Hall–Kier alpha value is -1.06. The fraction of sp³-hybridized carbons (Fsp3) is 0.800. The molecule has 1 fully saturated rings. The Morgan fingerprint density at radius 3 is 3.00 bits per heavy atom. The molecule has 0 saturated heterocycles. The largest absolute Gasteiger partial charge is 0.353 e. The number of carbonyl (C=O) groups excluding carboxylic acids is 1. The van der Waals surface area contributed by atoms with Crippen molar-refractivity contribution >= 4 is 11.9 Å². The van der Waals surface area contributed by atoms with E-state index in [1.807, 2.05) is 0 Å². The van der Waals surface area contributed by atoms with E-state index in [-0.39, 0.29) is 11.9 Å². The third-order valence-electron chi connectivity index (χ3n) is 2.58. The number of nitrogens with one attached hydrogen (secondary N) is 2. The second-order valence-electron chi connectivity index (χ2n) is 4.04. The molecule has 1 saturated carbocycles. The molecule has 0 aromatic heterocycles. The summed E-state index contributed by atoms with van der Waals surface area (Å²) >= 11 is 0. The molecule has 2 N–H and O–H groups in total. The molecule has 4 nitrogen and oxygen atoms in total. The van der Waals surface area contributed by atoms with Gasteiger partial charge in [-0.1, -0.05) is 19.8 Å². The highest BCUT2D eigenvalue weighted by molar-refractivity contribution is 6.04. The van der Waals surface area contributed by atoms with E-state index in [1.54, 1.807) is 0 Å². The first-order chi connectivity index (χ1) is 6.79. The Morgan fingerprint density at radius 2 is 2.36 bits per heavy atom. The van der Waals surface area contributed by atoms with Crippen LogP contribution in [-0.4, -0.2) is 24.0 Å². The molecule has 0 radical (unpaired) electrons. The molecule has 2 rings (SSSR count). The fourth-order valence-corrected chi connectivity index (χ4v) is 1.53. The van der Waals surface area contributed by atoms with Crippen molar-refractivity contribution in [3.63, 3.8) is 0 Å². The smallest absolute Gasteiger partial charge is 0.251 e. The maximum Gasteiger partial charge on any atom is 0.251 e. The number of carbonyl (C=O) groups is 1. The van der Waals surface area contributed by atoms with Crippen LogP contribution in [0.3, 0.4) is 0 Å². The highest BCUT2D eigenvalue weighted by atomic mass is 16.2. The Balaban J connectivity index is 1.83. The van der Waals surface area contributed by atoms with Gasteiger partial charge >= 0.3 is 0 Å². The summed E-state index contributed by atoms with van der Waals surface area (Å²) in [5, 5.41) is 5.99. The van der Waals surface area contributed by atoms with Gasteiger partial charge < -0.3 is 5.32 Å². The van der Waals surface area contributed by atoms with Gasteiger partial charge in [0.15, 0.2) is 5.96 Å². The minimum absolute atomic E-state index is 0.0570. The summed E-state index contributed by atoms with van der Waals surface area (Å²) in [5.41, 5.74) is 0. The molecule has 0 spiro atoms. The van der Waals surface area contributed by atoms with Crippen molar-refractivity contribution in [2.45, 2.75) is 51.1 Å². The minimum atomic E-state index is -0.142. The van der Waals surface area contributed by atoms with Crippen LogP contribution in [0.5, 0.6) is 0 Å². The van der Waals surface area contributed by atoms with Gasteiger partial charge in [-0.25, -0.2) is 4.99 Å². The van der Waals surface area contributed by atoms with Gasteiger partial charge in [-0.3, -0.25) is 10.1 Å². The summed E-state index contributed by atoms with van der Waals surface area (Å²) in [6, 6.07) is 0.412. The second kappa shape index (κ2) is 3.98. The summed E-state index contributed by atoms with van der Waals surface area (Å²) in [4.78, 5) is 15.8. The maximum absolute atomic E-state index is 11.4. The van der Waals surface area contributed by atoms with Gasteiger partial charge in [-0.05, 0) is 19.3 Å². The van der Waals surface area contributed by atoms with Crippen molar-refractivity contribution in [1.29, 1.82) is 0 Å².